The zero-order valence-electron chi connectivity index (χ0n) is 27.5. The number of Topliss-reactive ketones (excluding diaryl/α,β-unsaturated/α-hetero) is 1. The third-order valence-corrected chi connectivity index (χ3v) is 15.9. The topological polar surface area (TPSA) is 115 Å². The van der Waals surface area contributed by atoms with Crippen LogP contribution in [-0.2, 0) is 9.59 Å². The summed E-state index contributed by atoms with van der Waals surface area (Å²) in [7, 11) is 0. The number of aliphatic hydroxyl groups is 4. The van der Waals surface area contributed by atoms with Crippen molar-refractivity contribution in [1.82, 2.24) is 0 Å². The summed E-state index contributed by atoms with van der Waals surface area (Å²) >= 11 is 0. The molecule has 4 N–H and O–H groups in total. The molecule has 0 heterocycles. The molecule has 8 aliphatic rings. The average molecular weight is 609 g/mol. The zero-order valence-corrected chi connectivity index (χ0v) is 27.5. The molecule has 8 aliphatic carbocycles. The van der Waals surface area contributed by atoms with E-state index in [1.807, 2.05) is 6.08 Å². The van der Waals surface area contributed by atoms with Crippen molar-refractivity contribution in [2.45, 2.75) is 142 Å². The molecule has 0 unspecified atom stereocenters. The molecule has 0 bridgehead atoms. The maximum atomic E-state index is 11.9. The van der Waals surface area contributed by atoms with Crippen molar-refractivity contribution in [1.29, 1.82) is 0 Å². The van der Waals surface area contributed by atoms with Crippen LogP contribution in [0.4, 0.5) is 0 Å². The Morgan fingerprint density at radius 3 is 2.14 bits per heavy atom. The van der Waals surface area contributed by atoms with E-state index in [0.29, 0.717) is 48.9 Å². The lowest BCUT2D eigenvalue weighted by molar-refractivity contribution is -0.231. The second-order valence-electron chi connectivity index (χ2n) is 17.6. The number of aliphatic hydroxyl groups excluding tert-OH is 2. The van der Waals surface area contributed by atoms with Gasteiger partial charge in [-0.2, -0.15) is 0 Å². The summed E-state index contributed by atoms with van der Waals surface area (Å²) in [6, 6.07) is 0. The standard InChI is InChI=1S/2C19H28O3/c1-17-7-6-15-14(16(17)19(21,22)10-9-17)4-3-12-11-13(20)5-8-18(12,15)2;1-18-10-8-15(20)17(22)14(18)4-3-11-12-5-6-16(21)19(12,2)9-7-13(11)18/h11,14-16,21-22H,3-10H2,1-2H3;11-13,16,21-22H,3-10H2,1-2H3/t14-,15+,16+,17-,18+;11-,12-,13-,16-,18+,19-/m10/s1. The minimum atomic E-state index is -1.49. The Bertz CT molecular complexity index is 1300. The second-order valence-corrected chi connectivity index (χ2v) is 17.6. The van der Waals surface area contributed by atoms with Crippen molar-refractivity contribution in [3.63, 3.8) is 0 Å². The van der Waals surface area contributed by atoms with E-state index in [-0.39, 0.29) is 51.0 Å². The first-order valence-corrected chi connectivity index (χ1v) is 18.0. The van der Waals surface area contributed by atoms with Gasteiger partial charge in [-0.15, -0.1) is 0 Å². The first-order valence-electron chi connectivity index (χ1n) is 18.0. The number of hydrogen-bond donors (Lipinski definition) is 4. The maximum absolute atomic E-state index is 11.9. The van der Waals surface area contributed by atoms with Crippen LogP contribution in [0.3, 0.4) is 0 Å². The highest BCUT2D eigenvalue weighted by molar-refractivity contribution is 5.95. The number of rotatable bonds is 0. The molecule has 244 valence electrons. The van der Waals surface area contributed by atoms with Crippen LogP contribution in [0, 0.1) is 57.2 Å². The summed E-state index contributed by atoms with van der Waals surface area (Å²) in [4.78, 5) is 23.7. The van der Waals surface area contributed by atoms with E-state index in [9.17, 15) is 30.0 Å². The number of carbonyl (C=O) groups is 2. The highest BCUT2D eigenvalue weighted by Gasteiger charge is 2.63. The monoisotopic (exact) mass is 608 g/mol. The molecule has 0 amide bonds. The fourth-order valence-electron chi connectivity index (χ4n) is 13.3. The summed E-state index contributed by atoms with van der Waals surface area (Å²) < 4.78 is 0. The number of hydrogen-bond acceptors (Lipinski definition) is 6. The van der Waals surface area contributed by atoms with Crippen molar-refractivity contribution in [3.05, 3.63) is 23.0 Å². The van der Waals surface area contributed by atoms with Crippen LogP contribution >= 0.6 is 0 Å². The second kappa shape index (κ2) is 10.2. The van der Waals surface area contributed by atoms with Gasteiger partial charge in [-0.05, 0) is 146 Å². The molecule has 44 heavy (non-hydrogen) atoms. The molecule has 6 nitrogen and oxygen atoms in total. The van der Waals surface area contributed by atoms with Crippen molar-refractivity contribution < 1.29 is 30.0 Å². The van der Waals surface area contributed by atoms with Gasteiger partial charge in [0.2, 0.25) is 0 Å². The van der Waals surface area contributed by atoms with E-state index in [2.05, 4.69) is 27.7 Å². The molecule has 11 atom stereocenters. The minimum Gasteiger partial charge on any atom is -0.504 e. The van der Waals surface area contributed by atoms with Gasteiger partial charge in [-0.25, -0.2) is 0 Å². The van der Waals surface area contributed by atoms with Crippen LogP contribution in [0.2, 0.25) is 0 Å². The molecule has 6 fully saturated rings. The molecule has 0 saturated heterocycles. The third kappa shape index (κ3) is 4.35. The van der Waals surface area contributed by atoms with Crippen LogP contribution in [0.25, 0.3) is 0 Å². The van der Waals surface area contributed by atoms with Gasteiger partial charge in [0, 0.05) is 25.2 Å². The Morgan fingerprint density at radius 1 is 0.682 bits per heavy atom. The van der Waals surface area contributed by atoms with Gasteiger partial charge in [0.1, 0.15) is 0 Å². The first-order chi connectivity index (χ1) is 20.6. The lowest BCUT2D eigenvalue weighted by atomic mass is 9.47. The summed E-state index contributed by atoms with van der Waals surface area (Å²) in [5, 5.41) is 42.0. The average Bonchev–Trinajstić information content (AvgIpc) is 3.42. The molecule has 0 aromatic heterocycles. The SMILES string of the molecule is C[C@]12CC[C@H]3[C@@H](CCC4=C(O)C(=O)CC[C@@]43C)[C@@H]1CC[C@@H]2O.C[C@]12CC[C@H]3[C@@H](CCC4=CC(=O)CC[C@@]43C)[C@@H]1C(O)(O)CC2. The van der Waals surface area contributed by atoms with Gasteiger partial charge in [-0.1, -0.05) is 33.3 Å². The van der Waals surface area contributed by atoms with E-state index in [1.165, 1.54) is 12.0 Å². The smallest absolute Gasteiger partial charge is 0.197 e. The molecule has 0 spiro atoms. The van der Waals surface area contributed by atoms with Gasteiger partial charge >= 0.3 is 0 Å². The molecule has 0 aliphatic heterocycles. The fraction of sp³-hybridized carbons (Fsp3) is 0.842. The molecule has 8 rings (SSSR count). The Kier molecular flexibility index (Phi) is 7.25. The predicted molar refractivity (Wildman–Crippen MR) is 168 cm³/mol. The highest BCUT2D eigenvalue weighted by atomic mass is 16.5. The van der Waals surface area contributed by atoms with Crippen molar-refractivity contribution in [3.8, 4) is 0 Å². The zero-order chi connectivity index (χ0) is 31.4. The summed E-state index contributed by atoms with van der Waals surface area (Å²) in [5.74, 6) is 1.61. The lowest BCUT2D eigenvalue weighted by Crippen LogP contribution is -2.54. The summed E-state index contributed by atoms with van der Waals surface area (Å²) in [6.07, 6.45) is 16.8. The van der Waals surface area contributed by atoms with Gasteiger partial charge in [0.25, 0.3) is 0 Å². The summed E-state index contributed by atoms with van der Waals surface area (Å²) in [6.45, 7) is 9.17. The van der Waals surface area contributed by atoms with E-state index >= 15 is 0 Å². The van der Waals surface area contributed by atoms with Gasteiger partial charge in [-0.3, -0.25) is 9.59 Å². The predicted octanol–water partition coefficient (Wildman–Crippen LogP) is 6.96. The molecule has 0 aromatic rings. The van der Waals surface area contributed by atoms with Crippen LogP contribution in [0.1, 0.15) is 130 Å². The largest absolute Gasteiger partial charge is 0.504 e. The van der Waals surface area contributed by atoms with E-state index in [4.69, 9.17) is 0 Å². The number of fused-ring (bicyclic) bond motifs is 10. The van der Waals surface area contributed by atoms with E-state index in [0.717, 1.165) is 82.6 Å². The Morgan fingerprint density at radius 2 is 1.36 bits per heavy atom. The highest BCUT2D eigenvalue weighted by Crippen LogP contribution is 2.68. The van der Waals surface area contributed by atoms with E-state index < -0.39 is 5.79 Å². The first kappa shape index (κ1) is 31.1. The van der Waals surface area contributed by atoms with Crippen LogP contribution in [-0.4, -0.2) is 43.9 Å². The Labute approximate surface area is 263 Å². The molecular formula is C38H56O6. The maximum Gasteiger partial charge on any atom is 0.197 e. The molecule has 6 saturated carbocycles. The minimum absolute atomic E-state index is 0.00903. The van der Waals surface area contributed by atoms with Crippen molar-refractivity contribution in [2.75, 3.05) is 0 Å². The van der Waals surface area contributed by atoms with Gasteiger partial charge in [0.15, 0.2) is 23.1 Å². The molecule has 0 aromatic carbocycles. The molecule has 6 heteroatoms. The molecular weight excluding hydrogens is 552 g/mol. The van der Waals surface area contributed by atoms with E-state index in [1.54, 1.807) is 0 Å². The third-order valence-electron chi connectivity index (χ3n) is 15.9. The van der Waals surface area contributed by atoms with Crippen molar-refractivity contribution >= 4 is 11.6 Å². The Hall–Kier alpha value is -1.50. The quantitative estimate of drug-likeness (QED) is 0.221. The number of carbonyl (C=O) groups excluding carboxylic acids is 2. The normalized spacial score (nSPS) is 50.6. The Balaban J connectivity index is 0.000000142. The lowest BCUT2D eigenvalue weighted by Gasteiger charge is -2.58. The summed E-state index contributed by atoms with van der Waals surface area (Å²) in [5.41, 5.74) is 2.70. The molecule has 0 radical (unpaired) electrons. The number of ketones is 2. The van der Waals surface area contributed by atoms with Gasteiger partial charge in [0.05, 0.1) is 6.10 Å². The van der Waals surface area contributed by atoms with Crippen LogP contribution < -0.4 is 0 Å². The fourth-order valence-corrected chi connectivity index (χ4v) is 13.3. The van der Waals surface area contributed by atoms with Crippen LogP contribution in [0.5, 0.6) is 0 Å². The van der Waals surface area contributed by atoms with Crippen molar-refractivity contribution in [2.24, 2.45) is 57.2 Å². The number of allylic oxidation sites excluding steroid dienone is 2. The van der Waals surface area contributed by atoms with Crippen LogP contribution in [0.15, 0.2) is 23.0 Å². The van der Waals surface area contributed by atoms with Gasteiger partial charge < -0.3 is 20.4 Å².